The van der Waals surface area contributed by atoms with E-state index in [1.54, 1.807) is 12.1 Å². The number of hydrogen-bond donors (Lipinski definition) is 1. The van der Waals surface area contributed by atoms with Gasteiger partial charge in [-0.2, -0.15) is 18.4 Å². The zero-order valence-electron chi connectivity index (χ0n) is 10.9. The molecule has 0 aliphatic carbocycles. The number of nitriles is 1. The van der Waals surface area contributed by atoms with Gasteiger partial charge in [0.15, 0.2) is 0 Å². The number of benzene rings is 2. The maximum absolute atomic E-state index is 12.8. The van der Waals surface area contributed by atoms with Crippen LogP contribution in [0.25, 0.3) is 0 Å². The first-order valence-electron chi connectivity index (χ1n) is 5.96. The summed E-state index contributed by atoms with van der Waals surface area (Å²) in [6.07, 6.45) is -4.45. The quantitative estimate of drug-likeness (QED) is 0.784. The molecule has 6 heteroatoms. The Morgan fingerprint density at radius 3 is 2.38 bits per heavy atom. The van der Waals surface area contributed by atoms with Gasteiger partial charge in [-0.1, -0.05) is 15.9 Å². The molecular weight excluding hydrogens is 345 g/mol. The van der Waals surface area contributed by atoms with Gasteiger partial charge in [0.05, 0.1) is 16.8 Å². The van der Waals surface area contributed by atoms with E-state index in [2.05, 4.69) is 21.2 Å². The van der Waals surface area contributed by atoms with Crippen LogP contribution < -0.4 is 5.32 Å². The molecule has 2 rings (SSSR count). The van der Waals surface area contributed by atoms with Crippen molar-refractivity contribution >= 4 is 27.3 Å². The van der Waals surface area contributed by atoms with E-state index in [0.717, 1.165) is 22.2 Å². The number of nitrogens with zero attached hydrogens (tertiary/aromatic N) is 1. The largest absolute Gasteiger partial charge is 0.416 e. The number of alkyl halides is 3. The number of hydrogen-bond acceptors (Lipinski definition) is 2. The fraction of sp³-hybridized carbons (Fsp3) is 0.133. The van der Waals surface area contributed by atoms with Gasteiger partial charge in [-0.05, 0) is 48.9 Å². The Balaban J connectivity index is 2.45. The Morgan fingerprint density at radius 2 is 1.81 bits per heavy atom. The van der Waals surface area contributed by atoms with Gasteiger partial charge < -0.3 is 5.32 Å². The minimum Gasteiger partial charge on any atom is -0.354 e. The van der Waals surface area contributed by atoms with Gasteiger partial charge in [0.1, 0.15) is 6.07 Å². The minimum atomic E-state index is -4.45. The topological polar surface area (TPSA) is 35.8 Å². The van der Waals surface area contributed by atoms with Gasteiger partial charge in [0.2, 0.25) is 0 Å². The Hall–Kier alpha value is -2.00. The van der Waals surface area contributed by atoms with Crippen LogP contribution in [0.1, 0.15) is 16.7 Å². The lowest BCUT2D eigenvalue weighted by Crippen LogP contribution is -2.06. The molecule has 0 aliphatic heterocycles. The highest BCUT2D eigenvalue weighted by Crippen LogP contribution is 2.33. The average molecular weight is 355 g/mol. The van der Waals surface area contributed by atoms with Crippen LogP contribution in [0.4, 0.5) is 24.5 Å². The molecule has 0 saturated heterocycles. The Bertz CT molecular complexity index is 718. The van der Waals surface area contributed by atoms with Crippen LogP contribution in [0.15, 0.2) is 40.9 Å². The second-order valence-electron chi connectivity index (χ2n) is 4.45. The summed E-state index contributed by atoms with van der Waals surface area (Å²) >= 11 is 3.32. The highest BCUT2D eigenvalue weighted by atomic mass is 79.9. The van der Waals surface area contributed by atoms with Crippen molar-refractivity contribution in [3.05, 3.63) is 57.6 Å². The van der Waals surface area contributed by atoms with Gasteiger partial charge in [0, 0.05) is 10.2 Å². The predicted molar refractivity (Wildman–Crippen MR) is 78.3 cm³/mol. The van der Waals surface area contributed by atoms with Crippen molar-refractivity contribution in [2.75, 3.05) is 5.32 Å². The lowest BCUT2D eigenvalue weighted by Gasteiger charge is -2.14. The average Bonchev–Trinajstić information content (AvgIpc) is 2.41. The molecule has 0 amide bonds. The van der Waals surface area contributed by atoms with Crippen LogP contribution in [0.5, 0.6) is 0 Å². The third kappa shape index (κ3) is 3.56. The molecule has 0 fully saturated rings. The highest BCUT2D eigenvalue weighted by Gasteiger charge is 2.31. The van der Waals surface area contributed by atoms with Crippen molar-refractivity contribution < 1.29 is 13.2 Å². The van der Waals surface area contributed by atoms with Crippen LogP contribution >= 0.6 is 15.9 Å². The van der Waals surface area contributed by atoms with Crippen LogP contribution in [0.2, 0.25) is 0 Å². The molecular formula is C15H10BrF3N2. The lowest BCUT2D eigenvalue weighted by molar-refractivity contribution is -0.137. The van der Waals surface area contributed by atoms with Crippen molar-refractivity contribution in [2.24, 2.45) is 0 Å². The van der Waals surface area contributed by atoms with Gasteiger partial charge >= 0.3 is 6.18 Å². The summed E-state index contributed by atoms with van der Waals surface area (Å²) in [7, 11) is 0. The maximum atomic E-state index is 12.8. The molecule has 0 aromatic heterocycles. The van der Waals surface area contributed by atoms with E-state index < -0.39 is 11.7 Å². The van der Waals surface area contributed by atoms with Crippen molar-refractivity contribution in [3.8, 4) is 6.07 Å². The van der Waals surface area contributed by atoms with Crippen LogP contribution in [-0.2, 0) is 6.18 Å². The molecule has 0 radical (unpaired) electrons. The standard InChI is InChI=1S/C15H10BrF3N2/c1-9-6-12(16)4-5-13(9)21-14-7-11(15(17,18)19)3-2-10(14)8-20/h2-7,21H,1H3. The monoisotopic (exact) mass is 354 g/mol. The lowest BCUT2D eigenvalue weighted by atomic mass is 10.1. The molecule has 0 spiro atoms. The molecule has 0 heterocycles. The predicted octanol–water partition coefficient (Wildman–Crippen LogP) is 5.39. The summed E-state index contributed by atoms with van der Waals surface area (Å²) in [6.45, 7) is 1.83. The molecule has 0 atom stereocenters. The van der Waals surface area contributed by atoms with E-state index in [1.165, 1.54) is 6.07 Å². The molecule has 2 aromatic rings. The number of halogens is 4. The van der Waals surface area contributed by atoms with E-state index in [1.807, 2.05) is 19.1 Å². The first kappa shape index (κ1) is 15.4. The molecule has 0 bridgehead atoms. The van der Waals surface area contributed by atoms with Crippen molar-refractivity contribution in [1.29, 1.82) is 5.26 Å². The third-order valence-electron chi connectivity index (χ3n) is 2.93. The SMILES string of the molecule is Cc1cc(Br)ccc1Nc1cc(C(F)(F)F)ccc1C#N. The van der Waals surface area contributed by atoms with E-state index in [9.17, 15) is 13.2 Å². The van der Waals surface area contributed by atoms with Crippen LogP contribution in [-0.4, -0.2) is 0 Å². The van der Waals surface area contributed by atoms with Gasteiger partial charge in [-0.25, -0.2) is 0 Å². The molecule has 2 aromatic carbocycles. The van der Waals surface area contributed by atoms with E-state index in [4.69, 9.17) is 5.26 Å². The first-order chi connectivity index (χ1) is 9.81. The fourth-order valence-corrected chi connectivity index (χ4v) is 2.31. The van der Waals surface area contributed by atoms with Gasteiger partial charge in [0.25, 0.3) is 0 Å². The second kappa shape index (κ2) is 5.78. The highest BCUT2D eigenvalue weighted by molar-refractivity contribution is 9.10. The molecule has 0 unspecified atom stereocenters. The molecule has 1 N–H and O–H groups in total. The Labute approximate surface area is 128 Å². The summed E-state index contributed by atoms with van der Waals surface area (Å²) in [5, 5.41) is 11.9. The molecule has 2 nitrogen and oxygen atoms in total. The fourth-order valence-electron chi connectivity index (χ4n) is 1.83. The third-order valence-corrected chi connectivity index (χ3v) is 3.42. The van der Waals surface area contributed by atoms with Gasteiger partial charge in [-0.3, -0.25) is 0 Å². The summed E-state index contributed by atoms with van der Waals surface area (Å²) in [5.74, 6) is 0. The molecule has 0 saturated carbocycles. The van der Waals surface area contributed by atoms with Crippen LogP contribution in [0, 0.1) is 18.3 Å². The Morgan fingerprint density at radius 1 is 1.10 bits per heavy atom. The van der Waals surface area contributed by atoms with E-state index in [0.29, 0.717) is 5.69 Å². The van der Waals surface area contributed by atoms with Crippen molar-refractivity contribution in [1.82, 2.24) is 0 Å². The van der Waals surface area contributed by atoms with Crippen molar-refractivity contribution in [2.45, 2.75) is 13.1 Å². The maximum Gasteiger partial charge on any atom is 0.416 e. The number of anilines is 2. The number of aryl methyl sites for hydroxylation is 1. The molecule has 0 aliphatic rings. The summed E-state index contributed by atoms with van der Waals surface area (Å²) in [4.78, 5) is 0. The van der Waals surface area contributed by atoms with Crippen LogP contribution in [0.3, 0.4) is 0 Å². The second-order valence-corrected chi connectivity index (χ2v) is 5.37. The summed E-state index contributed by atoms with van der Waals surface area (Å²) in [6, 6.07) is 10.2. The number of nitrogens with one attached hydrogen (secondary N) is 1. The minimum absolute atomic E-state index is 0.137. The summed E-state index contributed by atoms with van der Waals surface area (Å²) in [5.41, 5.74) is 1.00. The smallest absolute Gasteiger partial charge is 0.354 e. The normalized spacial score (nSPS) is 11.0. The zero-order chi connectivity index (χ0) is 15.6. The number of rotatable bonds is 2. The Kier molecular flexibility index (Phi) is 4.24. The molecule has 108 valence electrons. The molecule has 21 heavy (non-hydrogen) atoms. The zero-order valence-corrected chi connectivity index (χ0v) is 12.5. The van der Waals surface area contributed by atoms with E-state index >= 15 is 0 Å². The van der Waals surface area contributed by atoms with Crippen molar-refractivity contribution in [3.63, 3.8) is 0 Å². The summed E-state index contributed by atoms with van der Waals surface area (Å²) < 4.78 is 39.1. The van der Waals surface area contributed by atoms with Gasteiger partial charge in [-0.15, -0.1) is 0 Å². The first-order valence-corrected chi connectivity index (χ1v) is 6.75. The van der Waals surface area contributed by atoms with E-state index in [-0.39, 0.29) is 11.3 Å².